The molecule has 0 aliphatic heterocycles. The van der Waals surface area contributed by atoms with Gasteiger partial charge in [-0.2, -0.15) is 11.8 Å². The third kappa shape index (κ3) is 5.13. The van der Waals surface area contributed by atoms with Gasteiger partial charge in [-0.3, -0.25) is 0 Å². The van der Waals surface area contributed by atoms with Gasteiger partial charge in [0.1, 0.15) is 0 Å². The smallest absolute Gasteiger partial charge is 0.0300 e. The summed E-state index contributed by atoms with van der Waals surface area (Å²) in [5.41, 5.74) is 0. The number of thiophene rings is 1. The van der Waals surface area contributed by atoms with Crippen molar-refractivity contribution in [1.29, 1.82) is 0 Å². The summed E-state index contributed by atoms with van der Waals surface area (Å²) in [5.74, 6) is 2.22. The maximum atomic E-state index is 3.68. The zero-order chi connectivity index (χ0) is 9.36. The summed E-state index contributed by atoms with van der Waals surface area (Å²) in [5, 5.41) is 5.52. The van der Waals surface area contributed by atoms with Crippen molar-refractivity contribution in [3.63, 3.8) is 0 Å². The standard InChI is InChI=1S/C10H15NS2/c1-2-6-12-8-5-11-9-10-4-3-7-13-10/h2-4,7,11H,1,5-6,8-9H2. The van der Waals surface area contributed by atoms with E-state index in [0.29, 0.717) is 0 Å². The van der Waals surface area contributed by atoms with Crippen LogP contribution in [0.4, 0.5) is 0 Å². The summed E-state index contributed by atoms with van der Waals surface area (Å²) < 4.78 is 0. The number of nitrogens with one attached hydrogen (secondary N) is 1. The highest BCUT2D eigenvalue weighted by Gasteiger charge is 1.91. The molecule has 0 amide bonds. The maximum absolute atomic E-state index is 3.68. The summed E-state index contributed by atoms with van der Waals surface area (Å²) in [4.78, 5) is 1.41. The average Bonchev–Trinajstić information content (AvgIpc) is 2.63. The Bertz CT molecular complexity index is 219. The van der Waals surface area contributed by atoms with E-state index in [2.05, 4.69) is 29.4 Å². The Labute approximate surface area is 88.2 Å². The molecule has 0 saturated carbocycles. The van der Waals surface area contributed by atoms with Crippen LogP contribution >= 0.6 is 23.1 Å². The van der Waals surface area contributed by atoms with E-state index in [-0.39, 0.29) is 0 Å². The predicted octanol–water partition coefficient (Wildman–Crippen LogP) is 2.76. The van der Waals surface area contributed by atoms with Crippen molar-refractivity contribution in [2.24, 2.45) is 0 Å². The highest BCUT2D eigenvalue weighted by atomic mass is 32.2. The van der Waals surface area contributed by atoms with E-state index in [0.717, 1.165) is 24.6 Å². The van der Waals surface area contributed by atoms with E-state index >= 15 is 0 Å². The highest BCUT2D eigenvalue weighted by Crippen LogP contribution is 2.07. The summed E-state index contributed by atoms with van der Waals surface area (Å²) >= 11 is 3.72. The molecule has 1 heterocycles. The number of thioether (sulfide) groups is 1. The van der Waals surface area contributed by atoms with Crippen LogP contribution in [-0.2, 0) is 6.54 Å². The van der Waals surface area contributed by atoms with Crippen LogP contribution in [0.1, 0.15) is 4.88 Å². The molecule has 0 radical (unpaired) electrons. The number of rotatable bonds is 7. The molecule has 1 nitrogen and oxygen atoms in total. The molecule has 13 heavy (non-hydrogen) atoms. The van der Waals surface area contributed by atoms with Gasteiger partial charge in [0.2, 0.25) is 0 Å². The Balaban J connectivity index is 1.93. The monoisotopic (exact) mass is 213 g/mol. The first-order valence-electron chi connectivity index (χ1n) is 4.35. The Kier molecular flexibility index (Phi) is 5.98. The first-order valence-corrected chi connectivity index (χ1v) is 6.38. The van der Waals surface area contributed by atoms with Crippen LogP contribution in [-0.4, -0.2) is 18.1 Å². The zero-order valence-electron chi connectivity index (χ0n) is 7.66. The highest BCUT2D eigenvalue weighted by molar-refractivity contribution is 7.99. The molecule has 0 bridgehead atoms. The normalized spacial score (nSPS) is 10.2. The Morgan fingerprint density at radius 1 is 1.62 bits per heavy atom. The molecule has 1 N–H and O–H groups in total. The second-order valence-corrected chi connectivity index (χ2v) is 4.80. The van der Waals surface area contributed by atoms with Crippen molar-refractivity contribution >= 4 is 23.1 Å². The Morgan fingerprint density at radius 3 is 3.23 bits per heavy atom. The second kappa shape index (κ2) is 7.18. The van der Waals surface area contributed by atoms with Gasteiger partial charge >= 0.3 is 0 Å². The van der Waals surface area contributed by atoms with Crippen LogP contribution < -0.4 is 5.32 Å². The SMILES string of the molecule is C=CCSCCNCc1cccs1. The fourth-order valence-electron chi connectivity index (χ4n) is 0.936. The Morgan fingerprint density at radius 2 is 2.54 bits per heavy atom. The molecule has 1 aromatic rings. The molecule has 72 valence electrons. The van der Waals surface area contributed by atoms with Crippen LogP contribution in [0.2, 0.25) is 0 Å². The fourth-order valence-corrected chi connectivity index (χ4v) is 2.23. The largest absolute Gasteiger partial charge is 0.311 e. The summed E-state index contributed by atoms with van der Waals surface area (Å²) in [6, 6.07) is 4.25. The average molecular weight is 213 g/mol. The van der Waals surface area contributed by atoms with E-state index in [4.69, 9.17) is 0 Å². The van der Waals surface area contributed by atoms with Gasteiger partial charge in [-0.1, -0.05) is 12.1 Å². The number of hydrogen-bond donors (Lipinski definition) is 1. The summed E-state index contributed by atoms with van der Waals surface area (Å²) in [6.07, 6.45) is 1.95. The molecule has 1 aromatic heterocycles. The third-order valence-corrected chi connectivity index (χ3v) is 3.38. The van der Waals surface area contributed by atoms with Gasteiger partial charge in [0.15, 0.2) is 0 Å². The summed E-state index contributed by atoms with van der Waals surface area (Å²) in [7, 11) is 0. The van der Waals surface area contributed by atoms with Crippen LogP contribution in [0.15, 0.2) is 30.2 Å². The van der Waals surface area contributed by atoms with Gasteiger partial charge in [0.05, 0.1) is 0 Å². The first-order chi connectivity index (χ1) is 6.43. The van der Waals surface area contributed by atoms with Gasteiger partial charge in [-0.25, -0.2) is 0 Å². The van der Waals surface area contributed by atoms with Crippen molar-refractivity contribution in [3.8, 4) is 0 Å². The van der Waals surface area contributed by atoms with Crippen LogP contribution in [0.5, 0.6) is 0 Å². The molecule has 0 unspecified atom stereocenters. The molecular formula is C10H15NS2. The molecule has 0 aliphatic rings. The fraction of sp³-hybridized carbons (Fsp3) is 0.400. The molecule has 0 spiro atoms. The molecular weight excluding hydrogens is 198 g/mol. The van der Waals surface area contributed by atoms with E-state index in [1.807, 2.05) is 17.8 Å². The lowest BCUT2D eigenvalue weighted by Crippen LogP contribution is -2.15. The molecule has 0 atom stereocenters. The van der Waals surface area contributed by atoms with Gasteiger partial charge in [-0.15, -0.1) is 17.9 Å². The van der Waals surface area contributed by atoms with Gasteiger partial charge in [-0.05, 0) is 11.4 Å². The maximum Gasteiger partial charge on any atom is 0.0300 e. The number of hydrogen-bond acceptors (Lipinski definition) is 3. The van der Waals surface area contributed by atoms with Gasteiger partial charge in [0, 0.05) is 29.5 Å². The predicted molar refractivity (Wildman–Crippen MR) is 63.5 cm³/mol. The van der Waals surface area contributed by atoms with E-state index < -0.39 is 0 Å². The van der Waals surface area contributed by atoms with Crippen LogP contribution in [0, 0.1) is 0 Å². The lowest BCUT2D eigenvalue weighted by atomic mass is 10.4. The first kappa shape index (κ1) is 10.8. The zero-order valence-corrected chi connectivity index (χ0v) is 9.29. The second-order valence-electron chi connectivity index (χ2n) is 2.62. The van der Waals surface area contributed by atoms with Crippen molar-refractivity contribution in [2.45, 2.75) is 6.54 Å². The van der Waals surface area contributed by atoms with E-state index in [1.165, 1.54) is 4.88 Å². The molecule has 1 rings (SSSR count). The van der Waals surface area contributed by atoms with Crippen LogP contribution in [0.25, 0.3) is 0 Å². The minimum absolute atomic E-state index is 1.01. The van der Waals surface area contributed by atoms with E-state index in [9.17, 15) is 0 Å². The topological polar surface area (TPSA) is 12.0 Å². The quantitative estimate of drug-likeness (QED) is 0.552. The molecule has 0 saturated heterocycles. The van der Waals surface area contributed by atoms with Crippen molar-refractivity contribution in [3.05, 3.63) is 35.0 Å². The molecule has 0 aliphatic carbocycles. The van der Waals surface area contributed by atoms with E-state index in [1.54, 1.807) is 11.3 Å². The molecule has 0 fully saturated rings. The minimum Gasteiger partial charge on any atom is -0.311 e. The minimum atomic E-state index is 1.01. The Hall–Kier alpha value is -0.250. The van der Waals surface area contributed by atoms with Crippen LogP contribution in [0.3, 0.4) is 0 Å². The lowest BCUT2D eigenvalue weighted by molar-refractivity contribution is 0.741. The van der Waals surface area contributed by atoms with Crippen molar-refractivity contribution < 1.29 is 0 Å². The summed E-state index contributed by atoms with van der Waals surface area (Å²) in [6.45, 7) is 5.77. The molecule has 3 heteroatoms. The van der Waals surface area contributed by atoms with Gasteiger partial charge in [0.25, 0.3) is 0 Å². The lowest BCUT2D eigenvalue weighted by Gasteiger charge is -2.01. The van der Waals surface area contributed by atoms with Crippen molar-refractivity contribution in [1.82, 2.24) is 5.32 Å². The third-order valence-electron chi connectivity index (χ3n) is 1.54. The van der Waals surface area contributed by atoms with Crippen molar-refractivity contribution in [2.75, 3.05) is 18.1 Å². The van der Waals surface area contributed by atoms with Gasteiger partial charge < -0.3 is 5.32 Å². The molecule has 0 aromatic carbocycles.